The summed E-state index contributed by atoms with van der Waals surface area (Å²) in [5.41, 5.74) is 1.09. The highest BCUT2D eigenvalue weighted by atomic mass is 32.2. The molecule has 0 saturated carbocycles. The first-order valence-electron chi connectivity index (χ1n) is 8.36. The number of rotatable bonds is 10. The van der Waals surface area contributed by atoms with E-state index in [1.165, 1.54) is 12.1 Å². The van der Waals surface area contributed by atoms with Crippen LogP contribution in [0.1, 0.15) is 5.56 Å². The lowest BCUT2D eigenvalue weighted by molar-refractivity contribution is 0.105. The second-order valence-electron chi connectivity index (χ2n) is 6.03. The summed E-state index contributed by atoms with van der Waals surface area (Å²) in [7, 11) is -3.22. The lowest BCUT2D eigenvalue weighted by Crippen LogP contribution is -2.33. The Kier molecular flexibility index (Phi) is 7.44. The van der Waals surface area contributed by atoms with Crippen LogP contribution in [-0.2, 0) is 9.84 Å². The predicted molar refractivity (Wildman–Crippen MR) is 101 cm³/mol. The van der Waals surface area contributed by atoms with Crippen LogP contribution in [0.2, 0.25) is 0 Å². The highest BCUT2D eigenvalue weighted by molar-refractivity contribution is 7.90. The van der Waals surface area contributed by atoms with Crippen LogP contribution in [-0.4, -0.2) is 52.2 Å². The number of ether oxygens (including phenoxy) is 2. The second-order valence-corrected chi connectivity index (χ2v) is 8.04. The van der Waals surface area contributed by atoms with E-state index in [0.29, 0.717) is 25.4 Å². The average molecular weight is 379 g/mol. The number of para-hydroxylation sites is 1. The number of aryl methyl sites for hydroxylation is 1. The predicted octanol–water partition coefficient (Wildman–Crippen LogP) is 1.81. The van der Waals surface area contributed by atoms with Crippen LogP contribution < -0.4 is 14.8 Å². The minimum absolute atomic E-state index is 0.115. The first kappa shape index (κ1) is 20.2. The summed E-state index contributed by atoms with van der Waals surface area (Å²) in [6.45, 7) is 3.59. The third kappa shape index (κ3) is 6.67. The number of nitrogens with one attached hydrogen (secondary N) is 1. The summed E-state index contributed by atoms with van der Waals surface area (Å²) in [5.74, 6) is 1.37. The minimum Gasteiger partial charge on any atom is -0.492 e. The van der Waals surface area contributed by atoms with E-state index in [1.54, 1.807) is 12.1 Å². The molecule has 0 saturated heterocycles. The summed E-state index contributed by atoms with van der Waals surface area (Å²) in [5, 5.41) is 13.0. The van der Waals surface area contributed by atoms with Gasteiger partial charge in [-0.3, -0.25) is 0 Å². The molecule has 26 heavy (non-hydrogen) atoms. The van der Waals surface area contributed by atoms with Gasteiger partial charge in [0.25, 0.3) is 0 Å². The molecule has 1 atom stereocenters. The molecule has 0 aliphatic heterocycles. The van der Waals surface area contributed by atoms with Gasteiger partial charge in [-0.05, 0) is 42.8 Å². The van der Waals surface area contributed by atoms with E-state index in [1.807, 2.05) is 31.2 Å². The Hall–Kier alpha value is -2.09. The van der Waals surface area contributed by atoms with Crippen molar-refractivity contribution in [3.05, 3.63) is 54.1 Å². The minimum atomic E-state index is -3.22. The topological polar surface area (TPSA) is 84.9 Å². The Morgan fingerprint density at radius 3 is 2.42 bits per heavy atom. The van der Waals surface area contributed by atoms with E-state index >= 15 is 0 Å². The zero-order chi connectivity index (χ0) is 19.0. The molecule has 0 aliphatic rings. The number of sulfone groups is 1. The lowest BCUT2D eigenvalue weighted by Gasteiger charge is -2.14. The summed E-state index contributed by atoms with van der Waals surface area (Å²) in [4.78, 5) is 0.237. The maximum absolute atomic E-state index is 11.4. The molecule has 2 aromatic rings. The molecule has 7 heteroatoms. The summed E-state index contributed by atoms with van der Waals surface area (Å²) < 4.78 is 33.9. The van der Waals surface area contributed by atoms with Crippen LogP contribution in [0.4, 0.5) is 0 Å². The molecule has 0 radical (unpaired) electrons. The van der Waals surface area contributed by atoms with Gasteiger partial charge in [0.1, 0.15) is 30.8 Å². The zero-order valence-corrected chi connectivity index (χ0v) is 15.8. The first-order valence-corrected chi connectivity index (χ1v) is 10.3. The van der Waals surface area contributed by atoms with Gasteiger partial charge in [0.2, 0.25) is 0 Å². The molecule has 0 heterocycles. The van der Waals surface area contributed by atoms with Crippen LogP contribution >= 0.6 is 0 Å². The van der Waals surface area contributed by atoms with Gasteiger partial charge in [0, 0.05) is 19.3 Å². The normalized spacial score (nSPS) is 12.6. The van der Waals surface area contributed by atoms with Gasteiger partial charge in [-0.15, -0.1) is 0 Å². The van der Waals surface area contributed by atoms with Gasteiger partial charge in [-0.1, -0.05) is 18.2 Å². The van der Waals surface area contributed by atoms with Crippen molar-refractivity contribution in [1.82, 2.24) is 5.32 Å². The molecule has 0 aliphatic carbocycles. The van der Waals surface area contributed by atoms with Crippen LogP contribution in [0.5, 0.6) is 11.5 Å². The van der Waals surface area contributed by atoms with Crippen LogP contribution in [0.15, 0.2) is 53.4 Å². The summed E-state index contributed by atoms with van der Waals surface area (Å²) in [6, 6.07) is 13.9. The third-order valence-electron chi connectivity index (χ3n) is 3.70. The smallest absolute Gasteiger partial charge is 0.175 e. The molecule has 0 amide bonds. The molecule has 1 unspecified atom stereocenters. The molecule has 2 rings (SSSR count). The molecule has 0 fully saturated rings. The molecule has 0 spiro atoms. The summed E-state index contributed by atoms with van der Waals surface area (Å²) in [6.07, 6.45) is 0.476. The monoisotopic (exact) mass is 379 g/mol. The molecule has 142 valence electrons. The van der Waals surface area contributed by atoms with Crippen molar-refractivity contribution in [3.8, 4) is 11.5 Å². The largest absolute Gasteiger partial charge is 0.492 e. The van der Waals surface area contributed by atoms with Crippen molar-refractivity contribution in [2.75, 3.05) is 32.6 Å². The molecule has 0 bridgehead atoms. The van der Waals surface area contributed by atoms with Gasteiger partial charge in [-0.25, -0.2) is 8.42 Å². The van der Waals surface area contributed by atoms with Crippen molar-refractivity contribution in [3.63, 3.8) is 0 Å². The number of aliphatic hydroxyl groups is 1. The fourth-order valence-corrected chi connectivity index (χ4v) is 2.89. The Morgan fingerprint density at radius 2 is 1.77 bits per heavy atom. The first-order chi connectivity index (χ1) is 12.4. The maximum Gasteiger partial charge on any atom is 0.175 e. The molecule has 0 aromatic heterocycles. The quantitative estimate of drug-likeness (QED) is 0.613. The van der Waals surface area contributed by atoms with Crippen molar-refractivity contribution in [2.24, 2.45) is 0 Å². The second kappa shape index (κ2) is 9.56. The number of hydrogen-bond donors (Lipinski definition) is 2. The van der Waals surface area contributed by atoms with E-state index in [4.69, 9.17) is 9.47 Å². The average Bonchev–Trinajstić information content (AvgIpc) is 2.61. The number of aliphatic hydroxyl groups excluding tert-OH is 1. The van der Waals surface area contributed by atoms with E-state index in [0.717, 1.165) is 17.6 Å². The van der Waals surface area contributed by atoms with Gasteiger partial charge >= 0.3 is 0 Å². The van der Waals surface area contributed by atoms with Crippen molar-refractivity contribution in [2.45, 2.75) is 17.9 Å². The van der Waals surface area contributed by atoms with Gasteiger partial charge in [-0.2, -0.15) is 0 Å². The molecular weight excluding hydrogens is 354 g/mol. The lowest BCUT2D eigenvalue weighted by atomic mass is 10.2. The highest BCUT2D eigenvalue weighted by Crippen LogP contribution is 2.16. The Balaban J connectivity index is 1.63. The third-order valence-corrected chi connectivity index (χ3v) is 4.83. The Bertz CT molecular complexity index is 790. The maximum atomic E-state index is 11.4. The molecule has 2 N–H and O–H groups in total. The van der Waals surface area contributed by atoms with Gasteiger partial charge < -0.3 is 19.9 Å². The van der Waals surface area contributed by atoms with E-state index in [9.17, 15) is 13.5 Å². The van der Waals surface area contributed by atoms with Gasteiger partial charge in [0.15, 0.2) is 9.84 Å². The van der Waals surface area contributed by atoms with Crippen LogP contribution in [0, 0.1) is 6.92 Å². The Labute approximate surface area is 154 Å². The van der Waals surface area contributed by atoms with Crippen LogP contribution in [0.25, 0.3) is 0 Å². The highest BCUT2D eigenvalue weighted by Gasteiger charge is 2.08. The van der Waals surface area contributed by atoms with Gasteiger partial charge in [0.05, 0.1) is 4.90 Å². The standard InChI is InChI=1S/C19H25NO5S/c1-15-5-3-4-6-19(15)24-12-11-20-13-16(21)14-25-17-7-9-18(10-8-17)26(2,22)23/h3-10,16,20-21H,11-14H2,1-2H3. The van der Waals surface area contributed by atoms with E-state index < -0.39 is 15.9 Å². The zero-order valence-electron chi connectivity index (χ0n) is 15.0. The number of hydrogen-bond acceptors (Lipinski definition) is 6. The fourth-order valence-electron chi connectivity index (χ4n) is 2.25. The summed E-state index contributed by atoms with van der Waals surface area (Å²) >= 11 is 0. The van der Waals surface area contributed by atoms with Crippen molar-refractivity contribution < 1.29 is 23.0 Å². The fraction of sp³-hybridized carbons (Fsp3) is 0.368. The van der Waals surface area contributed by atoms with E-state index in [-0.39, 0.29) is 11.5 Å². The SMILES string of the molecule is Cc1ccccc1OCCNCC(O)COc1ccc(S(C)(=O)=O)cc1. The van der Waals surface area contributed by atoms with Crippen molar-refractivity contribution >= 4 is 9.84 Å². The number of benzene rings is 2. The van der Waals surface area contributed by atoms with Crippen molar-refractivity contribution in [1.29, 1.82) is 0 Å². The Morgan fingerprint density at radius 1 is 1.08 bits per heavy atom. The molecule has 2 aromatic carbocycles. The molecule has 6 nitrogen and oxygen atoms in total. The van der Waals surface area contributed by atoms with Crippen LogP contribution in [0.3, 0.4) is 0 Å². The van der Waals surface area contributed by atoms with E-state index in [2.05, 4.69) is 5.32 Å². The molecular formula is C19H25NO5S.